The van der Waals surface area contributed by atoms with Crippen LogP contribution in [0.5, 0.6) is 0 Å². The lowest BCUT2D eigenvalue weighted by atomic mass is 10.2. The van der Waals surface area contributed by atoms with Crippen molar-refractivity contribution < 1.29 is 13.2 Å². The molecule has 2 rings (SSSR count). The first-order valence-corrected chi connectivity index (χ1v) is 8.57. The van der Waals surface area contributed by atoms with Crippen LogP contribution in [0.4, 0.5) is 5.69 Å². The van der Waals surface area contributed by atoms with E-state index in [1.54, 1.807) is 18.2 Å². The molecule has 0 bridgehead atoms. The van der Waals surface area contributed by atoms with Crippen molar-refractivity contribution in [2.24, 2.45) is 0 Å². The lowest BCUT2D eigenvalue weighted by Crippen LogP contribution is -2.34. The molecule has 0 atom stereocenters. The number of hydrogen-bond donors (Lipinski definition) is 3. The van der Waals surface area contributed by atoms with Crippen molar-refractivity contribution in [2.75, 3.05) is 18.9 Å². The van der Waals surface area contributed by atoms with Crippen molar-refractivity contribution >= 4 is 21.6 Å². The van der Waals surface area contributed by atoms with Gasteiger partial charge in [0.25, 0.3) is 0 Å². The van der Waals surface area contributed by atoms with Gasteiger partial charge in [0, 0.05) is 6.04 Å². The summed E-state index contributed by atoms with van der Waals surface area (Å²) in [7, 11) is -2.25. The predicted octanol–water partition coefficient (Wildman–Crippen LogP) is 1.07. The van der Waals surface area contributed by atoms with E-state index in [1.165, 1.54) is 26.0 Å². The second kappa shape index (κ2) is 7.02. The summed E-state index contributed by atoms with van der Waals surface area (Å²) in [5.41, 5.74) is 0.296. The summed E-state index contributed by atoms with van der Waals surface area (Å²) < 4.78 is 26.0. The first-order chi connectivity index (χ1) is 10.0. The van der Waals surface area contributed by atoms with Crippen LogP contribution in [0.25, 0.3) is 0 Å². The van der Waals surface area contributed by atoms with Crippen LogP contribution in [0.2, 0.25) is 0 Å². The van der Waals surface area contributed by atoms with Gasteiger partial charge in [-0.1, -0.05) is 25.0 Å². The molecule has 3 N–H and O–H groups in total. The normalized spacial score (nSPS) is 16.0. The topological polar surface area (TPSA) is 87.3 Å². The molecule has 1 aromatic rings. The molecule has 0 heterocycles. The highest BCUT2D eigenvalue weighted by molar-refractivity contribution is 7.89. The Bertz CT molecular complexity index is 595. The van der Waals surface area contributed by atoms with Crippen molar-refractivity contribution in [1.29, 1.82) is 0 Å². The Morgan fingerprint density at radius 1 is 1.24 bits per heavy atom. The van der Waals surface area contributed by atoms with E-state index in [-0.39, 0.29) is 17.3 Å². The molecule has 0 aliphatic heterocycles. The Hall–Kier alpha value is -1.44. The molecule has 0 unspecified atom stereocenters. The van der Waals surface area contributed by atoms with Gasteiger partial charge in [0.2, 0.25) is 15.9 Å². The molecule has 0 saturated heterocycles. The molecule has 1 aliphatic carbocycles. The number of carbonyl (C=O) groups excluding carboxylic acids is 1. The second-order valence-electron chi connectivity index (χ2n) is 5.11. The lowest BCUT2D eigenvalue weighted by Gasteiger charge is -2.13. The summed E-state index contributed by atoms with van der Waals surface area (Å²) in [6.45, 7) is 0.193. The van der Waals surface area contributed by atoms with Crippen LogP contribution in [0.3, 0.4) is 0 Å². The fourth-order valence-corrected chi connectivity index (χ4v) is 3.36. The summed E-state index contributed by atoms with van der Waals surface area (Å²) in [5.74, 6) is -0.236. The molecule has 1 aromatic carbocycles. The number of hydrogen-bond acceptors (Lipinski definition) is 4. The van der Waals surface area contributed by atoms with Crippen molar-refractivity contribution in [3.05, 3.63) is 24.3 Å². The monoisotopic (exact) mass is 311 g/mol. The first-order valence-electron chi connectivity index (χ1n) is 7.09. The van der Waals surface area contributed by atoms with Gasteiger partial charge < -0.3 is 10.6 Å². The molecular formula is C14H21N3O3S. The summed E-state index contributed by atoms with van der Waals surface area (Å²) in [6, 6.07) is 6.75. The zero-order chi connectivity index (χ0) is 15.3. The Morgan fingerprint density at radius 3 is 2.57 bits per heavy atom. The number of rotatable bonds is 6. The standard InChI is InChI=1S/C14H21N3O3S/c1-15-21(19,20)13-9-5-4-8-12(13)17-14(18)10-16-11-6-2-3-7-11/h4-5,8-9,11,15-16H,2-3,6-7,10H2,1H3,(H,17,18). The van der Waals surface area contributed by atoms with E-state index in [2.05, 4.69) is 15.4 Å². The number of benzene rings is 1. The highest BCUT2D eigenvalue weighted by Crippen LogP contribution is 2.20. The summed E-state index contributed by atoms with van der Waals surface area (Å²) >= 11 is 0. The van der Waals surface area contributed by atoms with E-state index >= 15 is 0 Å². The maximum atomic E-state index is 11.9. The minimum Gasteiger partial charge on any atom is -0.324 e. The SMILES string of the molecule is CNS(=O)(=O)c1ccccc1NC(=O)CNC1CCCC1. The molecule has 1 amide bonds. The van der Waals surface area contributed by atoms with E-state index in [1.807, 2.05) is 0 Å². The van der Waals surface area contributed by atoms with Crippen molar-refractivity contribution in [1.82, 2.24) is 10.0 Å². The lowest BCUT2D eigenvalue weighted by molar-refractivity contribution is -0.115. The molecule has 1 fully saturated rings. The molecule has 0 aromatic heterocycles. The molecule has 1 aliphatic rings. The highest BCUT2D eigenvalue weighted by Gasteiger charge is 2.19. The van der Waals surface area contributed by atoms with Crippen molar-refractivity contribution in [3.63, 3.8) is 0 Å². The number of carbonyl (C=O) groups is 1. The van der Waals surface area contributed by atoms with Gasteiger partial charge in [0.15, 0.2) is 0 Å². The van der Waals surface area contributed by atoms with E-state index in [0.717, 1.165) is 12.8 Å². The average Bonchev–Trinajstić information content (AvgIpc) is 2.99. The third-order valence-electron chi connectivity index (χ3n) is 3.63. The molecule has 0 radical (unpaired) electrons. The van der Waals surface area contributed by atoms with Crippen LogP contribution in [0, 0.1) is 0 Å². The maximum Gasteiger partial charge on any atom is 0.242 e. The number of anilines is 1. The zero-order valence-electron chi connectivity index (χ0n) is 12.1. The van der Waals surface area contributed by atoms with Crippen LogP contribution < -0.4 is 15.4 Å². The fourth-order valence-electron chi connectivity index (χ4n) is 2.48. The van der Waals surface area contributed by atoms with E-state index in [0.29, 0.717) is 11.7 Å². The molecule has 7 heteroatoms. The largest absolute Gasteiger partial charge is 0.324 e. The highest BCUT2D eigenvalue weighted by atomic mass is 32.2. The van der Waals surface area contributed by atoms with Crippen molar-refractivity contribution in [2.45, 2.75) is 36.6 Å². The average molecular weight is 311 g/mol. The minimum atomic E-state index is -3.59. The fraction of sp³-hybridized carbons (Fsp3) is 0.500. The minimum absolute atomic E-state index is 0.0710. The number of sulfonamides is 1. The van der Waals surface area contributed by atoms with Gasteiger partial charge in [-0.05, 0) is 32.0 Å². The first kappa shape index (κ1) is 15.9. The Balaban J connectivity index is 2.00. The summed E-state index contributed by atoms with van der Waals surface area (Å²) in [5, 5.41) is 5.85. The number of para-hydroxylation sites is 1. The van der Waals surface area contributed by atoms with E-state index in [4.69, 9.17) is 0 Å². The van der Waals surface area contributed by atoms with Crippen LogP contribution >= 0.6 is 0 Å². The van der Waals surface area contributed by atoms with E-state index < -0.39 is 10.0 Å². The number of nitrogens with one attached hydrogen (secondary N) is 3. The van der Waals surface area contributed by atoms with Crippen LogP contribution in [-0.2, 0) is 14.8 Å². The predicted molar refractivity (Wildman–Crippen MR) is 81.6 cm³/mol. The second-order valence-corrected chi connectivity index (χ2v) is 6.97. The zero-order valence-corrected chi connectivity index (χ0v) is 12.9. The van der Waals surface area contributed by atoms with Gasteiger partial charge in [-0.3, -0.25) is 4.79 Å². The maximum absolute atomic E-state index is 11.9. The molecule has 0 spiro atoms. The Labute approximate surface area is 125 Å². The molecular weight excluding hydrogens is 290 g/mol. The Morgan fingerprint density at radius 2 is 1.90 bits per heavy atom. The third-order valence-corrected chi connectivity index (χ3v) is 5.10. The Kier molecular flexibility index (Phi) is 5.33. The van der Waals surface area contributed by atoms with Gasteiger partial charge in [-0.15, -0.1) is 0 Å². The van der Waals surface area contributed by atoms with Gasteiger partial charge in [0.1, 0.15) is 4.90 Å². The van der Waals surface area contributed by atoms with Gasteiger partial charge in [0.05, 0.1) is 12.2 Å². The smallest absolute Gasteiger partial charge is 0.242 e. The van der Waals surface area contributed by atoms with Gasteiger partial charge in [-0.2, -0.15) is 0 Å². The third kappa shape index (κ3) is 4.26. The molecule has 6 nitrogen and oxygen atoms in total. The molecule has 21 heavy (non-hydrogen) atoms. The summed E-state index contributed by atoms with van der Waals surface area (Å²) in [6.07, 6.45) is 4.58. The van der Waals surface area contributed by atoms with Crippen LogP contribution in [0.1, 0.15) is 25.7 Å². The molecule has 1 saturated carbocycles. The van der Waals surface area contributed by atoms with Crippen LogP contribution in [0.15, 0.2) is 29.2 Å². The molecule has 116 valence electrons. The van der Waals surface area contributed by atoms with Gasteiger partial charge in [-0.25, -0.2) is 13.1 Å². The van der Waals surface area contributed by atoms with E-state index in [9.17, 15) is 13.2 Å². The quantitative estimate of drug-likeness (QED) is 0.733. The van der Waals surface area contributed by atoms with Crippen molar-refractivity contribution in [3.8, 4) is 0 Å². The number of amides is 1. The van der Waals surface area contributed by atoms with Gasteiger partial charge >= 0.3 is 0 Å². The van der Waals surface area contributed by atoms with Crippen LogP contribution in [-0.4, -0.2) is 34.0 Å². The summed E-state index contributed by atoms with van der Waals surface area (Å²) in [4.78, 5) is 12.0.